The highest BCUT2D eigenvalue weighted by atomic mass is 32.2. The number of carbonyl (C=O) groups excluding carboxylic acids is 1. The fourth-order valence-electron chi connectivity index (χ4n) is 1.42. The molecule has 1 heterocycles. The summed E-state index contributed by atoms with van der Waals surface area (Å²) in [7, 11) is 1.24. The van der Waals surface area contributed by atoms with Gasteiger partial charge < -0.3 is 9.84 Å². The molecule has 0 spiro atoms. The number of aliphatic hydroxyl groups excluding tert-OH is 1. The van der Waals surface area contributed by atoms with Crippen LogP contribution in [0.1, 0.15) is 18.9 Å². The first-order chi connectivity index (χ1) is 9.74. The van der Waals surface area contributed by atoms with Crippen molar-refractivity contribution in [2.24, 2.45) is 5.92 Å². The number of aliphatic hydroxyl groups is 1. The summed E-state index contributed by atoms with van der Waals surface area (Å²) < 4.78 is 41.6. The van der Waals surface area contributed by atoms with Gasteiger partial charge in [-0.2, -0.15) is 13.2 Å². The van der Waals surface area contributed by atoms with Crippen LogP contribution in [0.25, 0.3) is 0 Å². The van der Waals surface area contributed by atoms with E-state index >= 15 is 0 Å². The van der Waals surface area contributed by atoms with Gasteiger partial charge in [0.1, 0.15) is 0 Å². The Morgan fingerprint density at radius 3 is 2.62 bits per heavy atom. The minimum atomic E-state index is -4.40. The Morgan fingerprint density at radius 2 is 2.14 bits per heavy atom. The third kappa shape index (κ3) is 5.92. The van der Waals surface area contributed by atoms with Crippen LogP contribution in [0, 0.1) is 5.92 Å². The van der Waals surface area contributed by atoms with Gasteiger partial charge in [-0.25, -0.2) is 4.98 Å². The van der Waals surface area contributed by atoms with Crippen molar-refractivity contribution < 1.29 is 27.8 Å². The number of esters is 1. The fourth-order valence-corrected chi connectivity index (χ4v) is 2.36. The van der Waals surface area contributed by atoms with Crippen LogP contribution in [-0.4, -0.2) is 35.0 Å². The maximum atomic E-state index is 12.4. The molecule has 21 heavy (non-hydrogen) atoms. The van der Waals surface area contributed by atoms with Gasteiger partial charge in [0.05, 0.1) is 30.2 Å². The summed E-state index contributed by atoms with van der Waals surface area (Å²) in [6.45, 7) is 1.74. The molecule has 0 aromatic carbocycles. The standard InChI is InChI=1S/C13H16F3NO3S/c1-8(10(18)5-12(19)20-2)7-21-11-4-3-9(6-17-11)13(14,15)16/h3-4,6,8,10,18H,5,7H2,1-2H3. The lowest BCUT2D eigenvalue weighted by Crippen LogP contribution is -2.23. The SMILES string of the molecule is COC(=O)CC(O)C(C)CSc1ccc(C(F)(F)F)cn1. The van der Waals surface area contributed by atoms with Gasteiger partial charge in [-0.1, -0.05) is 6.92 Å². The number of rotatable bonds is 6. The molecule has 1 aromatic rings. The maximum Gasteiger partial charge on any atom is 0.417 e. The fraction of sp³-hybridized carbons (Fsp3) is 0.538. The average molecular weight is 323 g/mol. The van der Waals surface area contributed by atoms with E-state index in [0.717, 1.165) is 12.3 Å². The van der Waals surface area contributed by atoms with Gasteiger partial charge >= 0.3 is 12.1 Å². The Labute approximate surface area is 124 Å². The lowest BCUT2D eigenvalue weighted by atomic mass is 10.0. The van der Waals surface area contributed by atoms with Gasteiger partial charge in [0.25, 0.3) is 0 Å². The van der Waals surface area contributed by atoms with Gasteiger partial charge in [0.2, 0.25) is 0 Å². The van der Waals surface area contributed by atoms with E-state index in [1.165, 1.54) is 24.9 Å². The van der Waals surface area contributed by atoms with Crippen molar-refractivity contribution in [2.45, 2.75) is 30.7 Å². The Kier molecular flexibility index (Phi) is 6.47. The number of hydrogen-bond donors (Lipinski definition) is 1. The second-order valence-electron chi connectivity index (χ2n) is 4.52. The molecule has 0 bridgehead atoms. The lowest BCUT2D eigenvalue weighted by molar-refractivity contribution is -0.143. The molecule has 2 unspecified atom stereocenters. The molecule has 8 heteroatoms. The molecule has 118 valence electrons. The topological polar surface area (TPSA) is 59.4 Å². The minimum absolute atomic E-state index is 0.112. The summed E-state index contributed by atoms with van der Waals surface area (Å²) >= 11 is 1.22. The van der Waals surface area contributed by atoms with Crippen molar-refractivity contribution in [3.05, 3.63) is 23.9 Å². The van der Waals surface area contributed by atoms with E-state index in [4.69, 9.17) is 0 Å². The number of nitrogens with zero attached hydrogens (tertiary/aromatic N) is 1. The Balaban J connectivity index is 2.49. The highest BCUT2D eigenvalue weighted by molar-refractivity contribution is 7.99. The van der Waals surface area contributed by atoms with E-state index in [9.17, 15) is 23.1 Å². The smallest absolute Gasteiger partial charge is 0.417 e. The first kappa shape index (κ1) is 17.8. The Hall–Kier alpha value is -1.28. The number of hydrogen-bond acceptors (Lipinski definition) is 5. The number of ether oxygens (including phenoxy) is 1. The van der Waals surface area contributed by atoms with Crippen LogP contribution in [0.4, 0.5) is 13.2 Å². The first-order valence-electron chi connectivity index (χ1n) is 6.15. The van der Waals surface area contributed by atoms with E-state index in [1.807, 2.05) is 0 Å². The zero-order valence-corrected chi connectivity index (χ0v) is 12.4. The van der Waals surface area contributed by atoms with E-state index in [-0.39, 0.29) is 12.3 Å². The molecule has 0 saturated carbocycles. The molecule has 1 aromatic heterocycles. The van der Waals surface area contributed by atoms with Crippen molar-refractivity contribution in [2.75, 3.05) is 12.9 Å². The number of alkyl halides is 3. The highest BCUT2D eigenvalue weighted by Gasteiger charge is 2.30. The Bertz CT molecular complexity index is 465. The van der Waals surface area contributed by atoms with E-state index < -0.39 is 23.8 Å². The van der Waals surface area contributed by atoms with Crippen molar-refractivity contribution in [1.82, 2.24) is 4.98 Å². The first-order valence-corrected chi connectivity index (χ1v) is 7.13. The molecular weight excluding hydrogens is 307 g/mol. The number of carbonyl (C=O) groups is 1. The van der Waals surface area contributed by atoms with E-state index in [1.54, 1.807) is 6.92 Å². The van der Waals surface area contributed by atoms with Gasteiger partial charge in [0.15, 0.2) is 0 Å². The highest BCUT2D eigenvalue weighted by Crippen LogP contribution is 2.30. The van der Waals surface area contributed by atoms with Crippen LogP contribution in [-0.2, 0) is 15.7 Å². The molecule has 0 aliphatic carbocycles. The molecule has 1 N–H and O–H groups in total. The van der Waals surface area contributed by atoms with Crippen LogP contribution in [0.15, 0.2) is 23.4 Å². The third-order valence-corrected chi connectivity index (χ3v) is 4.05. The summed E-state index contributed by atoms with van der Waals surface area (Å²) in [5.74, 6) is -0.304. The minimum Gasteiger partial charge on any atom is -0.469 e. The van der Waals surface area contributed by atoms with Crippen LogP contribution >= 0.6 is 11.8 Å². The largest absolute Gasteiger partial charge is 0.469 e. The van der Waals surface area contributed by atoms with Gasteiger partial charge in [-0.3, -0.25) is 4.79 Å². The van der Waals surface area contributed by atoms with Crippen LogP contribution in [0.3, 0.4) is 0 Å². The second kappa shape index (κ2) is 7.65. The third-order valence-electron chi connectivity index (χ3n) is 2.82. The van der Waals surface area contributed by atoms with Crippen LogP contribution in [0.5, 0.6) is 0 Å². The summed E-state index contributed by atoms with van der Waals surface area (Å²) in [6.07, 6.45) is -4.60. The normalized spacial score (nSPS) is 14.6. The molecule has 2 atom stereocenters. The maximum absolute atomic E-state index is 12.4. The second-order valence-corrected chi connectivity index (χ2v) is 5.56. The number of thioether (sulfide) groups is 1. The van der Waals surface area contributed by atoms with Crippen molar-refractivity contribution in [3.63, 3.8) is 0 Å². The zero-order chi connectivity index (χ0) is 16.0. The number of aromatic nitrogens is 1. The van der Waals surface area contributed by atoms with Crippen molar-refractivity contribution >= 4 is 17.7 Å². The van der Waals surface area contributed by atoms with Crippen molar-refractivity contribution in [1.29, 1.82) is 0 Å². The predicted octanol–water partition coefficient (Wildman–Crippen LogP) is 2.75. The lowest BCUT2D eigenvalue weighted by Gasteiger charge is -2.17. The summed E-state index contributed by atoms with van der Waals surface area (Å²) in [6, 6.07) is 2.25. The number of halogens is 3. The number of methoxy groups -OCH3 is 1. The number of pyridine rings is 1. The molecule has 0 aliphatic rings. The van der Waals surface area contributed by atoms with Crippen molar-refractivity contribution in [3.8, 4) is 0 Å². The summed E-state index contributed by atoms with van der Waals surface area (Å²) in [4.78, 5) is 14.7. The zero-order valence-electron chi connectivity index (χ0n) is 11.6. The van der Waals surface area contributed by atoms with Gasteiger partial charge in [-0.15, -0.1) is 11.8 Å². The predicted molar refractivity (Wildman–Crippen MR) is 71.8 cm³/mol. The van der Waals surface area contributed by atoms with Crippen LogP contribution < -0.4 is 0 Å². The molecule has 0 amide bonds. The summed E-state index contributed by atoms with van der Waals surface area (Å²) in [5.41, 5.74) is -0.800. The Morgan fingerprint density at radius 1 is 1.48 bits per heavy atom. The van der Waals surface area contributed by atoms with E-state index in [2.05, 4.69) is 9.72 Å². The molecular formula is C13H16F3NO3S. The quantitative estimate of drug-likeness (QED) is 0.644. The monoisotopic (exact) mass is 323 g/mol. The molecule has 0 aliphatic heterocycles. The summed E-state index contributed by atoms with van der Waals surface area (Å²) in [5, 5.41) is 10.2. The van der Waals surface area contributed by atoms with E-state index in [0.29, 0.717) is 10.8 Å². The molecule has 4 nitrogen and oxygen atoms in total. The molecule has 0 saturated heterocycles. The van der Waals surface area contributed by atoms with Gasteiger partial charge in [0, 0.05) is 11.9 Å². The molecule has 0 radical (unpaired) electrons. The molecule has 1 rings (SSSR count). The molecule has 0 fully saturated rings. The van der Waals surface area contributed by atoms with Gasteiger partial charge in [-0.05, 0) is 18.1 Å². The average Bonchev–Trinajstić information content (AvgIpc) is 2.43. The van der Waals surface area contributed by atoms with Crippen LogP contribution in [0.2, 0.25) is 0 Å².